The van der Waals surface area contributed by atoms with Crippen LogP contribution in [0.3, 0.4) is 0 Å². The van der Waals surface area contributed by atoms with Gasteiger partial charge in [-0.05, 0) is 43.8 Å². The van der Waals surface area contributed by atoms with Crippen molar-refractivity contribution in [2.45, 2.75) is 52.4 Å². The maximum Gasteiger partial charge on any atom is 0.164 e. The van der Waals surface area contributed by atoms with Crippen LogP contribution in [0.1, 0.15) is 52.4 Å². The normalized spacial score (nSPS) is 15.0. The molecule has 0 aliphatic rings. The highest BCUT2D eigenvalue weighted by Gasteiger charge is 2.05. The number of aliphatic hydroxyl groups excluding tert-OH is 2. The maximum atomic E-state index is 9.51. The second-order valence-electron chi connectivity index (χ2n) is 4.86. The molecule has 0 fully saturated rings. The predicted molar refractivity (Wildman–Crippen MR) is 80.2 cm³/mol. The van der Waals surface area contributed by atoms with Crippen molar-refractivity contribution in [1.82, 2.24) is 0 Å². The summed E-state index contributed by atoms with van der Waals surface area (Å²) in [6.45, 7) is 4.05. The van der Waals surface area contributed by atoms with Crippen molar-refractivity contribution in [2.75, 3.05) is 6.16 Å². The second-order valence-corrected chi connectivity index (χ2v) is 6.05. The fraction of sp³-hybridized carbons (Fsp3) is 0.714. The van der Waals surface area contributed by atoms with Crippen molar-refractivity contribution in [3.8, 4) is 0 Å². The first-order chi connectivity index (χ1) is 8.97. The van der Waals surface area contributed by atoms with Crippen LogP contribution in [0.2, 0.25) is 0 Å². The molecule has 0 saturated carbocycles. The van der Waals surface area contributed by atoms with Gasteiger partial charge >= 0.3 is 0 Å². The molecule has 0 rings (SSSR count). The number of allylic oxidation sites excluding steroid dienone is 2. The SMILES string of the molecule is CC/C=C(O)\C(O)=C/CCCC(C)CCCP(O)O. The lowest BCUT2D eigenvalue weighted by Crippen LogP contribution is -1.96. The van der Waals surface area contributed by atoms with E-state index in [1.54, 1.807) is 12.2 Å². The average Bonchev–Trinajstić information content (AvgIpc) is 2.34. The lowest BCUT2D eigenvalue weighted by atomic mass is 9.99. The van der Waals surface area contributed by atoms with Crippen molar-refractivity contribution < 1.29 is 20.0 Å². The molecule has 4 N–H and O–H groups in total. The zero-order chi connectivity index (χ0) is 14.7. The fourth-order valence-corrected chi connectivity index (χ4v) is 2.30. The number of hydrogen-bond acceptors (Lipinski definition) is 4. The maximum absolute atomic E-state index is 9.51. The molecular weight excluding hydrogens is 263 g/mol. The number of unbranched alkanes of at least 4 members (excludes halogenated alkanes) is 1. The molecule has 0 saturated heterocycles. The first kappa shape index (κ1) is 18.4. The highest BCUT2D eigenvalue weighted by atomic mass is 31.2. The predicted octanol–water partition coefficient (Wildman–Crippen LogP) is 4.16. The number of aliphatic hydroxyl groups is 2. The molecule has 0 aromatic rings. The van der Waals surface area contributed by atoms with E-state index in [0.717, 1.165) is 32.1 Å². The summed E-state index contributed by atoms with van der Waals surface area (Å²) in [5, 5.41) is 18.9. The summed E-state index contributed by atoms with van der Waals surface area (Å²) in [6, 6.07) is 0. The van der Waals surface area contributed by atoms with Gasteiger partial charge in [0.25, 0.3) is 0 Å². The van der Waals surface area contributed by atoms with Crippen LogP contribution in [0.5, 0.6) is 0 Å². The van der Waals surface area contributed by atoms with Gasteiger partial charge in [0.05, 0.1) is 0 Å². The van der Waals surface area contributed by atoms with Gasteiger partial charge in [-0.3, -0.25) is 0 Å². The van der Waals surface area contributed by atoms with Crippen LogP contribution in [0.25, 0.3) is 0 Å². The van der Waals surface area contributed by atoms with E-state index in [-0.39, 0.29) is 11.5 Å². The Morgan fingerprint density at radius 3 is 2.21 bits per heavy atom. The van der Waals surface area contributed by atoms with E-state index in [1.807, 2.05) is 6.92 Å². The lowest BCUT2D eigenvalue weighted by molar-refractivity contribution is 0.323. The Morgan fingerprint density at radius 1 is 1.05 bits per heavy atom. The van der Waals surface area contributed by atoms with Gasteiger partial charge in [-0.1, -0.05) is 26.7 Å². The molecule has 0 aromatic carbocycles. The van der Waals surface area contributed by atoms with Gasteiger partial charge in [0.15, 0.2) is 19.9 Å². The van der Waals surface area contributed by atoms with Crippen LogP contribution in [0.4, 0.5) is 0 Å². The Morgan fingerprint density at radius 2 is 1.63 bits per heavy atom. The summed E-state index contributed by atoms with van der Waals surface area (Å²) < 4.78 is 0. The van der Waals surface area contributed by atoms with Crippen LogP contribution in [0.15, 0.2) is 23.7 Å². The van der Waals surface area contributed by atoms with Crippen LogP contribution < -0.4 is 0 Å². The molecule has 5 heteroatoms. The van der Waals surface area contributed by atoms with E-state index in [4.69, 9.17) is 9.79 Å². The molecule has 0 bridgehead atoms. The first-order valence-electron chi connectivity index (χ1n) is 6.91. The highest BCUT2D eigenvalue weighted by Crippen LogP contribution is 2.26. The Balaban J connectivity index is 3.73. The molecule has 19 heavy (non-hydrogen) atoms. The molecule has 0 aliphatic carbocycles. The summed E-state index contributed by atoms with van der Waals surface area (Å²) in [6.07, 6.45) is 9.00. The Bertz CT molecular complexity index is 287. The highest BCUT2D eigenvalue weighted by molar-refractivity contribution is 7.45. The summed E-state index contributed by atoms with van der Waals surface area (Å²) in [4.78, 5) is 17.6. The molecule has 0 radical (unpaired) electrons. The number of rotatable bonds is 10. The van der Waals surface area contributed by atoms with E-state index in [9.17, 15) is 10.2 Å². The molecule has 0 spiro atoms. The fourth-order valence-electron chi connectivity index (χ4n) is 1.83. The monoisotopic (exact) mass is 290 g/mol. The van der Waals surface area contributed by atoms with Crippen molar-refractivity contribution in [3.63, 3.8) is 0 Å². The third-order valence-electron chi connectivity index (χ3n) is 2.95. The Kier molecular flexibility index (Phi) is 10.9. The van der Waals surface area contributed by atoms with E-state index < -0.39 is 8.38 Å². The van der Waals surface area contributed by atoms with Crippen molar-refractivity contribution in [2.24, 2.45) is 5.92 Å². The molecule has 0 aliphatic heterocycles. The van der Waals surface area contributed by atoms with Gasteiger partial charge in [-0.25, -0.2) is 0 Å². The average molecular weight is 290 g/mol. The third-order valence-corrected chi connectivity index (χ3v) is 3.67. The number of hydrogen-bond donors (Lipinski definition) is 4. The van der Waals surface area contributed by atoms with Crippen molar-refractivity contribution in [1.29, 1.82) is 0 Å². The third kappa shape index (κ3) is 11.0. The van der Waals surface area contributed by atoms with Gasteiger partial charge in [0, 0.05) is 6.16 Å². The van der Waals surface area contributed by atoms with Crippen molar-refractivity contribution in [3.05, 3.63) is 23.7 Å². The molecule has 0 aromatic heterocycles. The zero-order valence-electron chi connectivity index (χ0n) is 11.9. The van der Waals surface area contributed by atoms with Gasteiger partial charge in [-0.15, -0.1) is 0 Å². The lowest BCUT2D eigenvalue weighted by Gasteiger charge is -2.10. The summed E-state index contributed by atoms with van der Waals surface area (Å²) in [5.74, 6) is 0.459. The summed E-state index contributed by atoms with van der Waals surface area (Å²) in [7, 11) is -1.74. The Labute approximate surface area is 117 Å². The molecule has 1 atom stereocenters. The molecule has 1 unspecified atom stereocenters. The van der Waals surface area contributed by atoms with Gasteiger partial charge in [0.2, 0.25) is 0 Å². The van der Waals surface area contributed by atoms with E-state index in [2.05, 4.69) is 6.92 Å². The van der Waals surface area contributed by atoms with E-state index in [0.29, 0.717) is 18.5 Å². The standard InChI is InChI=1S/C14H27O4P/c1-3-7-13(15)14(16)10-5-4-8-12(2)9-6-11-19(17)18/h7,10,12,15-18H,3-6,8-9,11H2,1-2H3/b13-7+,14-10+. The molecule has 4 nitrogen and oxygen atoms in total. The van der Waals surface area contributed by atoms with Gasteiger partial charge in [0.1, 0.15) is 0 Å². The summed E-state index contributed by atoms with van der Waals surface area (Å²) in [5.41, 5.74) is 0. The smallest absolute Gasteiger partial charge is 0.164 e. The second kappa shape index (κ2) is 11.3. The topological polar surface area (TPSA) is 80.9 Å². The Hall–Kier alpha value is -0.570. The van der Waals surface area contributed by atoms with Crippen LogP contribution in [-0.2, 0) is 0 Å². The molecule has 0 heterocycles. The quantitative estimate of drug-likeness (QED) is 0.211. The minimum atomic E-state index is -1.74. The van der Waals surface area contributed by atoms with Crippen LogP contribution in [0, 0.1) is 5.92 Å². The summed E-state index contributed by atoms with van der Waals surface area (Å²) >= 11 is 0. The van der Waals surface area contributed by atoms with E-state index >= 15 is 0 Å². The zero-order valence-corrected chi connectivity index (χ0v) is 12.8. The molecular formula is C14H27O4P. The van der Waals surface area contributed by atoms with Crippen molar-refractivity contribution >= 4 is 8.38 Å². The molecule has 0 amide bonds. The van der Waals surface area contributed by atoms with Gasteiger partial charge in [-0.2, -0.15) is 0 Å². The van der Waals surface area contributed by atoms with Gasteiger partial charge < -0.3 is 20.0 Å². The van der Waals surface area contributed by atoms with Crippen LogP contribution >= 0.6 is 8.38 Å². The first-order valence-corrected chi connectivity index (χ1v) is 8.34. The minimum Gasteiger partial charge on any atom is -0.504 e. The van der Waals surface area contributed by atoms with E-state index in [1.165, 1.54) is 0 Å². The largest absolute Gasteiger partial charge is 0.504 e. The molecule has 112 valence electrons. The minimum absolute atomic E-state index is 0.0410. The van der Waals surface area contributed by atoms with Crippen LogP contribution in [-0.4, -0.2) is 26.2 Å².